The van der Waals surface area contributed by atoms with Gasteiger partial charge in [0.05, 0.1) is 0 Å². The summed E-state index contributed by atoms with van der Waals surface area (Å²) in [6.45, 7) is 6.03. The fourth-order valence-electron chi connectivity index (χ4n) is 1.72. The molecule has 1 aliphatic rings. The molecule has 0 aromatic heterocycles. The predicted octanol–water partition coefficient (Wildman–Crippen LogP) is 0.991. The van der Waals surface area contributed by atoms with Gasteiger partial charge in [-0.05, 0) is 11.8 Å². The maximum Gasteiger partial charge on any atom is 0.324 e. The zero-order chi connectivity index (χ0) is 12.2. The maximum atomic E-state index is 11.5. The Morgan fingerprint density at radius 1 is 1.44 bits per heavy atom. The molecule has 16 heavy (non-hydrogen) atoms. The molecular weight excluding hydrogens is 208 g/mol. The topological polar surface area (TPSA) is 58.6 Å². The number of ether oxygens (including phenoxy) is 1. The van der Waals surface area contributed by atoms with Gasteiger partial charge >= 0.3 is 6.03 Å². The van der Waals surface area contributed by atoms with Gasteiger partial charge in [-0.3, -0.25) is 10.1 Å². The van der Waals surface area contributed by atoms with Crippen LogP contribution in [0.3, 0.4) is 0 Å². The Morgan fingerprint density at radius 2 is 2.12 bits per heavy atom. The van der Waals surface area contributed by atoms with E-state index < -0.39 is 0 Å². The summed E-state index contributed by atoms with van der Waals surface area (Å²) in [6, 6.07) is -0.276. The molecule has 1 fully saturated rings. The Bertz CT molecular complexity index is 276. The summed E-state index contributed by atoms with van der Waals surface area (Å²) in [4.78, 5) is 24.2. The van der Waals surface area contributed by atoms with E-state index in [1.807, 2.05) is 0 Å². The van der Waals surface area contributed by atoms with Gasteiger partial charge in [0.25, 0.3) is 0 Å². The smallest absolute Gasteiger partial charge is 0.324 e. The third-order valence-electron chi connectivity index (χ3n) is 2.74. The van der Waals surface area contributed by atoms with Crippen molar-refractivity contribution in [3.63, 3.8) is 0 Å². The van der Waals surface area contributed by atoms with Gasteiger partial charge < -0.3 is 9.64 Å². The van der Waals surface area contributed by atoms with Gasteiger partial charge in [-0.1, -0.05) is 13.8 Å². The third kappa shape index (κ3) is 3.81. The van der Waals surface area contributed by atoms with Crippen LogP contribution in [0.15, 0.2) is 0 Å². The van der Waals surface area contributed by atoms with Gasteiger partial charge in [-0.2, -0.15) is 0 Å². The lowest BCUT2D eigenvalue weighted by Crippen LogP contribution is -2.52. The largest absolute Gasteiger partial charge is 0.385 e. The number of hydrogen-bond acceptors (Lipinski definition) is 3. The molecule has 5 nitrogen and oxygen atoms in total. The highest BCUT2D eigenvalue weighted by Gasteiger charge is 2.28. The Hall–Kier alpha value is -1.10. The molecule has 3 amide bonds. The molecule has 5 heteroatoms. The number of rotatable bonds is 5. The number of urea groups is 1. The second-order valence-electron chi connectivity index (χ2n) is 4.93. The van der Waals surface area contributed by atoms with Crippen molar-refractivity contribution in [2.45, 2.75) is 26.7 Å². The van der Waals surface area contributed by atoms with E-state index in [-0.39, 0.29) is 17.4 Å². The highest BCUT2D eigenvalue weighted by atomic mass is 16.5. The van der Waals surface area contributed by atoms with Crippen molar-refractivity contribution >= 4 is 11.9 Å². The van der Waals surface area contributed by atoms with E-state index in [1.54, 1.807) is 12.0 Å². The van der Waals surface area contributed by atoms with Gasteiger partial charge in [0.15, 0.2) is 0 Å². The van der Waals surface area contributed by atoms with Gasteiger partial charge in [0.2, 0.25) is 5.91 Å². The van der Waals surface area contributed by atoms with Crippen molar-refractivity contribution in [3.8, 4) is 0 Å². The first-order valence-electron chi connectivity index (χ1n) is 5.52. The van der Waals surface area contributed by atoms with E-state index >= 15 is 0 Å². The molecule has 92 valence electrons. The molecule has 1 rings (SSSR count). The zero-order valence-corrected chi connectivity index (χ0v) is 10.2. The number of nitrogens with zero attached hydrogens (tertiary/aromatic N) is 1. The van der Waals surface area contributed by atoms with Crippen molar-refractivity contribution in [3.05, 3.63) is 0 Å². The molecule has 0 unspecified atom stereocenters. The first kappa shape index (κ1) is 13.0. The minimum atomic E-state index is -0.276. The molecule has 0 bridgehead atoms. The Labute approximate surface area is 96.1 Å². The molecule has 0 atom stereocenters. The third-order valence-corrected chi connectivity index (χ3v) is 2.74. The quantitative estimate of drug-likeness (QED) is 0.763. The van der Waals surface area contributed by atoms with Gasteiger partial charge in [-0.15, -0.1) is 0 Å². The average molecular weight is 228 g/mol. The molecule has 0 spiro atoms. The van der Waals surface area contributed by atoms with Crippen LogP contribution in [0.2, 0.25) is 0 Å². The first-order chi connectivity index (χ1) is 7.44. The van der Waals surface area contributed by atoms with Crippen molar-refractivity contribution in [1.29, 1.82) is 0 Å². The highest BCUT2D eigenvalue weighted by Crippen LogP contribution is 2.22. The predicted molar refractivity (Wildman–Crippen MR) is 60.0 cm³/mol. The van der Waals surface area contributed by atoms with E-state index in [9.17, 15) is 9.59 Å². The molecule has 1 heterocycles. The van der Waals surface area contributed by atoms with Crippen LogP contribution in [0.5, 0.6) is 0 Å². The van der Waals surface area contributed by atoms with Crippen LogP contribution in [-0.2, 0) is 9.53 Å². The van der Waals surface area contributed by atoms with Crippen molar-refractivity contribution in [2.75, 3.05) is 26.8 Å². The molecule has 0 aromatic rings. The molecule has 0 radical (unpaired) electrons. The van der Waals surface area contributed by atoms with E-state index in [0.717, 1.165) is 6.42 Å². The summed E-state index contributed by atoms with van der Waals surface area (Å²) in [6.07, 6.45) is 1.29. The van der Waals surface area contributed by atoms with E-state index in [1.165, 1.54) is 0 Å². The summed E-state index contributed by atoms with van der Waals surface area (Å²) < 4.78 is 5.04. The van der Waals surface area contributed by atoms with Gasteiger partial charge in [0, 0.05) is 33.2 Å². The minimum Gasteiger partial charge on any atom is -0.385 e. The van der Waals surface area contributed by atoms with Crippen LogP contribution in [0.1, 0.15) is 26.7 Å². The number of hydrogen-bond donors (Lipinski definition) is 1. The lowest BCUT2D eigenvalue weighted by Gasteiger charge is -2.34. The normalized spacial score (nSPS) is 17.6. The molecule has 1 N–H and O–H groups in total. The van der Waals surface area contributed by atoms with Crippen molar-refractivity contribution < 1.29 is 14.3 Å². The Morgan fingerprint density at radius 3 is 2.69 bits per heavy atom. The molecule has 1 saturated heterocycles. The lowest BCUT2D eigenvalue weighted by atomic mass is 9.89. The fraction of sp³-hybridized carbons (Fsp3) is 0.818. The summed E-state index contributed by atoms with van der Waals surface area (Å²) in [5.41, 5.74) is 0.00768. The van der Waals surface area contributed by atoms with Crippen LogP contribution in [0.25, 0.3) is 0 Å². The number of carbonyl (C=O) groups is 2. The number of nitrogens with one attached hydrogen (secondary N) is 1. The van der Waals surface area contributed by atoms with Crippen molar-refractivity contribution in [2.24, 2.45) is 5.41 Å². The molecule has 0 saturated carbocycles. The Kier molecular flexibility index (Phi) is 4.29. The van der Waals surface area contributed by atoms with Crippen LogP contribution in [0, 0.1) is 5.41 Å². The summed E-state index contributed by atoms with van der Waals surface area (Å²) in [5.74, 6) is -0.184. The summed E-state index contributed by atoms with van der Waals surface area (Å²) >= 11 is 0. The van der Waals surface area contributed by atoms with Crippen molar-refractivity contribution in [1.82, 2.24) is 10.2 Å². The minimum absolute atomic E-state index is 0.00768. The monoisotopic (exact) mass is 228 g/mol. The Balaban J connectivity index is 2.46. The molecular formula is C11H20N2O3. The second-order valence-corrected chi connectivity index (χ2v) is 4.93. The van der Waals surface area contributed by atoms with Crippen LogP contribution < -0.4 is 5.32 Å². The molecule has 1 aliphatic heterocycles. The summed E-state index contributed by atoms with van der Waals surface area (Å²) in [7, 11) is 1.67. The molecule has 0 aliphatic carbocycles. The number of carbonyl (C=O) groups excluding carboxylic acids is 2. The summed E-state index contributed by atoms with van der Waals surface area (Å²) in [5, 5.41) is 2.32. The SMILES string of the molecule is COCCC(C)(C)CN1CCC(=O)NC1=O. The van der Waals surface area contributed by atoms with Crippen LogP contribution >= 0.6 is 0 Å². The average Bonchev–Trinajstić information content (AvgIpc) is 2.19. The zero-order valence-electron chi connectivity index (χ0n) is 10.2. The lowest BCUT2D eigenvalue weighted by molar-refractivity contribution is -0.121. The molecule has 0 aromatic carbocycles. The fourth-order valence-corrected chi connectivity index (χ4v) is 1.72. The highest BCUT2D eigenvalue weighted by molar-refractivity contribution is 5.96. The van der Waals surface area contributed by atoms with E-state index in [4.69, 9.17) is 4.74 Å². The van der Waals surface area contributed by atoms with E-state index in [2.05, 4.69) is 19.2 Å². The van der Waals surface area contributed by atoms with Gasteiger partial charge in [-0.25, -0.2) is 4.79 Å². The van der Waals surface area contributed by atoms with Gasteiger partial charge in [0.1, 0.15) is 0 Å². The van der Waals surface area contributed by atoms with E-state index in [0.29, 0.717) is 26.1 Å². The maximum absolute atomic E-state index is 11.5. The first-order valence-corrected chi connectivity index (χ1v) is 5.52. The second kappa shape index (κ2) is 5.30. The van der Waals surface area contributed by atoms with Crippen LogP contribution in [-0.4, -0.2) is 43.6 Å². The number of imide groups is 1. The van der Waals surface area contributed by atoms with Crippen LogP contribution in [0.4, 0.5) is 4.79 Å². The number of methoxy groups -OCH3 is 1. The standard InChI is InChI=1S/C11H20N2O3/c1-11(2,5-7-16-3)8-13-6-4-9(14)12-10(13)15/h4-8H2,1-3H3,(H,12,14,15). The number of amides is 3.